The van der Waals surface area contributed by atoms with Gasteiger partial charge >= 0.3 is 5.97 Å². The Balaban J connectivity index is 3.55. The van der Waals surface area contributed by atoms with E-state index in [2.05, 4.69) is 55.6 Å². The molecule has 326 valence electrons. The van der Waals surface area contributed by atoms with E-state index in [1.165, 1.54) is 116 Å². The molecule has 0 aliphatic rings. The van der Waals surface area contributed by atoms with Gasteiger partial charge in [-0.1, -0.05) is 178 Å². The Bertz CT molecular complexity index is 957. The van der Waals surface area contributed by atoms with Gasteiger partial charge in [0.25, 0.3) is 0 Å². The molecule has 0 fully saturated rings. The van der Waals surface area contributed by atoms with Gasteiger partial charge in [0.2, 0.25) is 5.91 Å². The summed E-state index contributed by atoms with van der Waals surface area (Å²) in [6.07, 6.45) is 55.3. The molecule has 0 aliphatic heterocycles. The zero-order valence-corrected chi connectivity index (χ0v) is 36.8. The van der Waals surface area contributed by atoms with Gasteiger partial charge in [-0.25, -0.2) is 0 Å². The van der Waals surface area contributed by atoms with Gasteiger partial charge in [-0.15, -0.1) is 0 Å². The molecule has 0 aromatic carbocycles. The van der Waals surface area contributed by atoms with Crippen molar-refractivity contribution in [3.63, 3.8) is 0 Å². The number of ether oxygens (including phenoxy) is 1. The minimum absolute atomic E-state index is 0.0423. The first-order valence-corrected chi connectivity index (χ1v) is 23.9. The average Bonchev–Trinajstić information content (AvgIpc) is 3.20. The van der Waals surface area contributed by atoms with Gasteiger partial charge in [0.05, 0.1) is 25.4 Å². The number of amides is 1. The molecule has 0 saturated carbocycles. The van der Waals surface area contributed by atoms with Crippen LogP contribution >= 0.6 is 0 Å². The number of aliphatic hydroxyl groups is 2. The highest BCUT2D eigenvalue weighted by Gasteiger charge is 2.18. The van der Waals surface area contributed by atoms with Gasteiger partial charge in [0, 0.05) is 12.8 Å². The second kappa shape index (κ2) is 45.5. The Morgan fingerprint density at radius 2 is 0.893 bits per heavy atom. The van der Waals surface area contributed by atoms with Gasteiger partial charge < -0.3 is 20.3 Å². The summed E-state index contributed by atoms with van der Waals surface area (Å²) in [7, 11) is 0. The van der Waals surface area contributed by atoms with Crippen LogP contribution < -0.4 is 5.32 Å². The third-order valence-electron chi connectivity index (χ3n) is 10.6. The molecule has 3 N–H and O–H groups in total. The summed E-state index contributed by atoms with van der Waals surface area (Å²) in [5, 5.41) is 22.9. The first-order valence-electron chi connectivity index (χ1n) is 23.9. The van der Waals surface area contributed by atoms with Crippen LogP contribution in [0.4, 0.5) is 0 Å². The number of esters is 1. The molecule has 6 heteroatoms. The quantitative estimate of drug-likeness (QED) is 0.0325. The fourth-order valence-electron chi connectivity index (χ4n) is 6.83. The van der Waals surface area contributed by atoms with E-state index in [9.17, 15) is 19.8 Å². The maximum absolute atomic E-state index is 12.4. The monoisotopic (exact) mass is 786 g/mol. The molecule has 0 heterocycles. The van der Waals surface area contributed by atoms with E-state index in [0.29, 0.717) is 19.4 Å². The normalized spacial score (nSPS) is 13.1. The van der Waals surface area contributed by atoms with Crippen molar-refractivity contribution in [2.45, 2.75) is 244 Å². The molecule has 0 saturated heterocycles. The number of aliphatic hydroxyl groups excluding tert-OH is 2. The molecular weight excluding hydrogens is 695 g/mol. The van der Waals surface area contributed by atoms with Crippen LogP contribution in [0.2, 0.25) is 0 Å². The number of carbonyl (C=O) groups is 2. The van der Waals surface area contributed by atoms with E-state index in [-0.39, 0.29) is 18.5 Å². The Morgan fingerprint density at radius 3 is 1.41 bits per heavy atom. The van der Waals surface area contributed by atoms with E-state index in [4.69, 9.17) is 4.74 Å². The zero-order valence-electron chi connectivity index (χ0n) is 36.8. The number of rotatable bonds is 43. The fourth-order valence-corrected chi connectivity index (χ4v) is 6.83. The van der Waals surface area contributed by atoms with E-state index in [1.807, 2.05) is 6.08 Å². The van der Waals surface area contributed by atoms with Crippen molar-refractivity contribution in [3.05, 3.63) is 48.6 Å². The number of allylic oxidation sites excluding steroid dienone is 7. The van der Waals surface area contributed by atoms with Crippen LogP contribution in [0.3, 0.4) is 0 Å². The molecular formula is C50H91NO5. The number of nitrogens with one attached hydrogen (secondary N) is 1. The molecule has 0 bridgehead atoms. The lowest BCUT2D eigenvalue weighted by molar-refractivity contribution is -0.143. The highest BCUT2D eigenvalue weighted by molar-refractivity contribution is 5.76. The van der Waals surface area contributed by atoms with Crippen molar-refractivity contribution in [2.24, 2.45) is 0 Å². The predicted molar refractivity (Wildman–Crippen MR) is 241 cm³/mol. The van der Waals surface area contributed by atoms with Crippen LogP contribution in [-0.2, 0) is 14.3 Å². The Kier molecular flexibility index (Phi) is 43.7. The van der Waals surface area contributed by atoms with Crippen LogP contribution in [0.15, 0.2) is 48.6 Å². The maximum atomic E-state index is 12.4. The third kappa shape index (κ3) is 41.5. The first-order chi connectivity index (χ1) is 27.5. The summed E-state index contributed by atoms with van der Waals surface area (Å²) >= 11 is 0. The lowest BCUT2D eigenvalue weighted by Gasteiger charge is -2.20. The summed E-state index contributed by atoms with van der Waals surface area (Å²) in [6, 6.07) is -0.649. The topological polar surface area (TPSA) is 95.9 Å². The minimum Gasteiger partial charge on any atom is -0.466 e. The van der Waals surface area contributed by atoms with Gasteiger partial charge in [0.1, 0.15) is 0 Å². The summed E-state index contributed by atoms with van der Waals surface area (Å²) < 4.78 is 5.43. The Morgan fingerprint density at radius 1 is 0.500 bits per heavy atom. The maximum Gasteiger partial charge on any atom is 0.305 e. The van der Waals surface area contributed by atoms with E-state index in [1.54, 1.807) is 6.08 Å². The lowest BCUT2D eigenvalue weighted by Crippen LogP contribution is -2.45. The largest absolute Gasteiger partial charge is 0.466 e. The van der Waals surface area contributed by atoms with Crippen LogP contribution in [0, 0.1) is 0 Å². The molecule has 2 unspecified atom stereocenters. The Hall–Kier alpha value is -2.18. The van der Waals surface area contributed by atoms with Crippen molar-refractivity contribution in [1.82, 2.24) is 5.32 Å². The van der Waals surface area contributed by atoms with Gasteiger partial charge in [-0.05, 0) is 89.9 Å². The zero-order chi connectivity index (χ0) is 40.8. The third-order valence-corrected chi connectivity index (χ3v) is 10.6. The van der Waals surface area contributed by atoms with Gasteiger partial charge in [-0.3, -0.25) is 9.59 Å². The standard InChI is InChI=1S/C50H91NO5/c1-3-5-7-9-11-13-15-16-17-18-19-20-24-28-32-36-40-44-50(55)56-45-41-37-33-29-25-21-23-27-31-35-39-43-49(54)51-47(46-52)48(53)42-38-34-30-26-22-14-12-10-8-6-4-2/h11,13,16-17,25,29,38,42,47-48,52-53H,3-10,12,14-15,18-24,26-28,30-37,39-41,43-46H2,1-2H3,(H,51,54)/b13-11-,17-16-,29-25-,42-38+. The summed E-state index contributed by atoms with van der Waals surface area (Å²) in [4.78, 5) is 24.4. The second-order valence-electron chi connectivity index (χ2n) is 16.1. The Labute approximate surface area is 346 Å². The van der Waals surface area contributed by atoms with Crippen LogP contribution in [0.1, 0.15) is 232 Å². The summed E-state index contributed by atoms with van der Waals surface area (Å²) in [5.74, 6) is -0.143. The molecule has 6 nitrogen and oxygen atoms in total. The molecule has 0 spiro atoms. The van der Waals surface area contributed by atoms with E-state index >= 15 is 0 Å². The molecule has 56 heavy (non-hydrogen) atoms. The molecule has 0 aliphatic carbocycles. The van der Waals surface area contributed by atoms with Gasteiger partial charge in [0.15, 0.2) is 0 Å². The van der Waals surface area contributed by atoms with E-state index < -0.39 is 12.1 Å². The van der Waals surface area contributed by atoms with Crippen molar-refractivity contribution in [3.8, 4) is 0 Å². The molecule has 0 aromatic rings. The van der Waals surface area contributed by atoms with Crippen LogP contribution in [-0.4, -0.2) is 47.4 Å². The number of carbonyl (C=O) groups excluding carboxylic acids is 2. The number of hydrogen-bond acceptors (Lipinski definition) is 5. The lowest BCUT2D eigenvalue weighted by atomic mass is 10.1. The number of hydrogen-bond donors (Lipinski definition) is 3. The van der Waals surface area contributed by atoms with Gasteiger partial charge in [-0.2, -0.15) is 0 Å². The summed E-state index contributed by atoms with van der Waals surface area (Å²) in [5.41, 5.74) is 0. The SMILES string of the molecule is CCCCC/C=C\C/C=C\CCCCCCCCCC(=O)OCCCC/C=C\CCCCCCCC(=O)NC(CO)C(O)/C=C/CCCCCCCCCCC. The smallest absolute Gasteiger partial charge is 0.305 e. The molecule has 0 radical (unpaired) electrons. The molecule has 2 atom stereocenters. The molecule has 0 rings (SSSR count). The second-order valence-corrected chi connectivity index (χ2v) is 16.1. The average molecular weight is 786 g/mol. The predicted octanol–water partition coefficient (Wildman–Crippen LogP) is 13.9. The van der Waals surface area contributed by atoms with Crippen molar-refractivity contribution in [1.29, 1.82) is 0 Å². The minimum atomic E-state index is -0.862. The first kappa shape index (κ1) is 53.8. The van der Waals surface area contributed by atoms with Crippen molar-refractivity contribution in [2.75, 3.05) is 13.2 Å². The van der Waals surface area contributed by atoms with Crippen molar-refractivity contribution < 1.29 is 24.5 Å². The van der Waals surface area contributed by atoms with Crippen LogP contribution in [0.25, 0.3) is 0 Å². The van der Waals surface area contributed by atoms with E-state index in [0.717, 1.165) is 89.9 Å². The molecule has 1 amide bonds. The fraction of sp³-hybridized carbons (Fsp3) is 0.800. The van der Waals surface area contributed by atoms with Crippen molar-refractivity contribution >= 4 is 11.9 Å². The van der Waals surface area contributed by atoms with Crippen LogP contribution in [0.5, 0.6) is 0 Å². The highest BCUT2D eigenvalue weighted by Crippen LogP contribution is 2.13. The highest BCUT2D eigenvalue weighted by atomic mass is 16.5. The number of unbranched alkanes of at least 4 members (excludes halogenated alkanes) is 26. The summed E-state index contributed by atoms with van der Waals surface area (Å²) in [6.45, 7) is 4.76. The molecule has 0 aromatic heterocycles.